The van der Waals surface area contributed by atoms with Crippen LogP contribution < -0.4 is 5.63 Å². The van der Waals surface area contributed by atoms with Gasteiger partial charge in [0.15, 0.2) is 0 Å². The van der Waals surface area contributed by atoms with E-state index in [1.165, 1.54) is 0 Å². The minimum absolute atomic E-state index is 0.263. The minimum atomic E-state index is -0.564. The van der Waals surface area contributed by atoms with Gasteiger partial charge in [0, 0.05) is 17.9 Å². The number of hydrogen-bond acceptors (Lipinski definition) is 7. The van der Waals surface area contributed by atoms with Crippen molar-refractivity contribution in [2.75, 3.05) is 6.61 Å². The molecule has 0 saturated carbocycles. The SMILES string of the molecule is O=c1cc(C[C@H]2O[C@H](COCc3ccccc3)[C@@H](OCc3ccccc3)[C@H](OCc3ccccc3)[C@@H]2OCc2ccccc2)c2ccccc2o1. The average molecular weight is 683 g/mol. The first-order valence-corrected chi connectivity index (χ1v) is 17.4. The Morgan fingerprint density at radius 2 is 0.941 bits per heavy atom. The Balaban J connectivity index is 1.25. The first-order valence-electron chi connectivity index (χ1n) is 17.4. The molecule has 1 fully saturated rings. The van der Waals surface area contributed by atoms with E-state index in [0.717, 1.165) is 33.2 Å². The normalized spacial score (nSPS) is 20.4. The van der Waals surface area contributed by atoms with Gasteiger partial charge in [-0.15, -0.1) is 0 Å². The zero-order chi connectivity index (χ0) is 34.7. The highest BCUT2D eigenvalue weighted by atomic mass is 16.6. The molecule has 1 aliphatic heterocycles. The van der Waals surface area contributed by atoms with Crippen LogP contribution in [0.15, 0.2) is 161 Å². The highest BCUT2D eigenvalue weighted by Crippen LogP contribution is 2.33. The number of fused-ring (bicyclic) bond motifs is 1. The summed E-state index contributed by atoms with van der Waals surface area (Å²) in [7, 11) is 0. The molecule has 5 aromatic carbocycles. The summed E-state index contributed by atoms with van der Waals surface area (Å²) in [6.07, 6.45) is -2.29. The van der Waals surface area contributed by atoms with Crippen molar-refractivity contribution in [2.24, 2.45) is 0 Å². The van der Waals surface area contributed by atoms with Crippen LogP contribution in [0.3, 0.4) is 0 Å². The van der Waals surface area contributed by atoms with Gasteiger partial charge in [-0.25, -0.2) is 4.79 Å². The molecular weight excluding hydrogens is 640 g/mol. The molecule has 7 rings (SSSR count). The molecule has 1 aromatic heterocycles. The van der Waals surface area contributed by atoms with E-state index in [9.17, 15) is 4.79 Å². The molecule has 7 heteroatoms. The Labute approximate surface area is 298 Å². The van der Waals surface area contributed by atoms with Crippen molar-refractivity contribution in [3.63, 3.8) is 0 Å². The van der Waals surface area contributed by atoms with Crippen molar-refractivity contribution < 1.29 is 28.1 Å². The minimum Gasteiger partial charge on any atom is -0.423 e. The van der Waals surface area contributed by atoms with Gasteiger partial charge < -0.3 is 28.1 Å². The zero-order valence-corrected chi connectivity index (χ0v) is 28.4. The zero-order valence-electron chi connectivity index (χ0n) is 28.4. The van der Waals surface area contributed by atoms with E-state index in [1.807, 2.05) is 146 Å². The van der Waals surface area contributed by atoms with Crippen molar-refractivity contribution >= 4 is 11.0 Å². The lowest BCUT2D eigenvalue weighted by Crippen LogP contribution is -2.61. The molecule has 5 atom stereocenters. The lowest BCUT2D eigenvalue weighted by molar-refractivity contribution is -0.272. The summed E-state index contributed by atoms with van der Waals surface area (Å²) < 4.78 is 39.4. The Morgan fingerprint density at radius 1 is 0.490 bits per heavy atom. The van der Waals surface area contributed by atoms with Crippen molar-refractivity contribution in [1.29, 1.82) is 0 Å². The standard InChI is InChI=1S/C44H42O7/c45-41-26-36(37-23-13-14-24-38(37)51-41)25-39-42(47-28-33-17-7-2-8-18-33)44(49-30-35-21-11-4-12-22-35)43(48-29-34-19-9-3-10-20-34)40(50-39)31-46-27-32-15-5-1-6-16-32/h1-24,26,39-40,42-44H,25,27-31H2/t39-,40-,42-,43-,44-/m1/s1. The Kier molecular flexibility index (Phi) is 11.8. The van der Waals surface area contributed by atoms with Crippen molar-refractivity contribution in [3.05, 3.63) is 190 Å². The lowest BCUT2D eigenvalue weighted by Gasteiger charge is -2.46. The van der Waals surface area contributed by atoms with E-state index < -0.39 is 36.1 Å². The molecule has 260 valence electrons. The average Bonchev–Trinajstić information content (AvgIpc) is 3.18. The highest BCUT2D eigenvalue weighted by Gasteiger charge is 2.48. The molecule has 0 radical (unpaired) electrons. The summed E-state index contributed by atoms with van der Waals surface area (Å²) in [5.41, 5.74) is 5.09. The summed E-state index contributed by atoms with van der Waals surface area (Å²) >= 11 is 0. The van der Waals surface area contributed by atoms with Crippen molar-refractivity contribution in [3.8, 4) is 0 Å². The van der Waals surface area contributed by atoms with Crippen molar-refractivity contribution in [2.45, 2.75) is 63.4 Å². The lowest BCUT2D eigenvalue weighted by atomic mass is 9.90. The molecule has 1 aliphatic rings. The summed E-state index contributed by atoms with van der Waals surface area (Å²) in [6, 6.07) is 49.4. The van der Waals surface area contributed by atoms with Crippen LogP contribution in [0.2, 0.25) is 0 Å². The smallest absolute Gasteiger partial charge is 0.336 e. The molecule has 0 N–H and O–H groups in total. The van der Waals surface area contributed by atoms with Crippen LogP contribution in [0.1, 0.15) is 27.8 Å². The second-order valence-corrected chi connectivity index (χ2v) is 12.8. The van der Waals surface area contributed by atoms with Gasteiger partial charge >= 0.3 is 5.63 Å². The number of hydrogen-bond donors (Lipinski definition) is 0. The van der Waals surface area contributed by atoms with Gasteiger partial charge in [0.25, 0.3) is 0 Å². The largest absolute Gasteiger partial charge is 0.423 e. The van der Waals surface area contributed by atoms with E-state index in [-0.39, 0.29) is 6.61 Å². The Hall–Kier alpha value is -4.89. The topological polar surface area (TPSA) is 76.4 Å². The molecule has 1 saturated heterocycles. The molecule has 0 bridgehead atoms. The maximum atomic E-state index is 12.8. The highest BCUT2D eigenvalue weighted by molar-refractivity contribution is 5.80. The molecule has 2 heterocycles. The Bertz CT molecular complexity index is 1980. The number of para-hydroxylation sites is 1. The fraction of sp³-hybridized carbons (Fsp3) is 0.250. The van der Waals surface area contributed by atoms with Gasteiger partial charge in [0.1, 0.15) is 30.0 Å². The third-order valence-corrected chi connectivity index (χ3v) is 9.14. The van der Waals surface area contributed by atoms with Crippen LogP contribution in [0.4, 0.5) is 0 Å². The molecule has 0 unspecified atom stereocenters. The first kappa shape index (κ1) is 34.6. The summed E-state index contributed by atoms with van der Waals surface area (Å²) in [4.78, 5) is 12.8. The molecule has 0 amide bonds. The van der Waals surface area contributed by atoms with Crippen LogP contribution >= 0.6 is 0 Å². The summed E-state index contributed by atoms with van der Waals surface area (Å²) in [5, 5.41) is 0.851. The van der Waals surface area contributed by atoms with E-state index in [2.05, 4.69) is 0 Å². The second kappa shape index (κ2) is 17.4. The van der Waals surface area contributed by atoms with Crippen LogP contribution in [-0.4, -0.2) is 37.1 Å². The molecule has 0 aliphatic carbocycles. The fourth-order valence-corrected chi connectivity index (χ4v) is 6.61. The van der Waals surface area contributed by atoms with E-state index in [4.69, 9.17) is 28.1 Å². The van der Waals surface area contributed by atoms with Crippen LogP contribution in [0, 0.1) is 0 Å². The van der Waals surface area contributed by atoms with Gasteiger partial charge in [-0.3, -0.25) is 0 Å². The van der Waals surface area contributed by atoms with Gasteiger partial charge in [0.2, 0.25) is 0 Å². The Morgan fingerprint density at radius 3 is 1.49 bits per heavy atom. The first-order chi connectivity index (χ1) is 25.2. The van der Waals surface area contributed by atoms with Gasteiger partial charge in [-0.05, 0) is 33.9 Å². The van der Waals surface area contributed by atoms with Gasteiger partial charge in [-0.2, -0.15) is 0 Å². The maximum Gasteiger partial charge on any atom is 0.336 e. The van der Waals surface area contributed by atoms with Gasteiger partial charge in [0.05, 0.1) is 39.1 Å². The number of benzene rings is 5. The van der Waals surface area contributed by atoms with Crippen molar-refractivity contribution in [1.82, 2.24) is 0 Å². The molecule has 6 aromatic rings. The molecular formula is C44H42O7. The third kappa shape index (κ3) is 9.27. The predicted molar refractivity (Wildman–Crippen MR) is 196 cm³/mol. The summed E-state index contributed by atoms with van der Waals surface area (Å²) in [6.45, 7) is 1.73. The van der Waals surface area contributed by atoms with E-state index in [1.54, 1.807) is 6.07 Å². The van der Waals surface area contributed by atoms with Crippen LogP contribution in [-0.2, 0) is 56.5 Å². The fourth-order valence-electron chi connectivity index (χ4n) is 6.61. The molecule has 7 nitrogen and oxygen atoms in total. The second-order valence-electron chi connectivity index (χ2n) is 12.8. The monoisotopic (exact) mass is 682 g/mol. The number of ether oxygens (including phenoxy) is 5. The van der Waals surface area contributed by atoms with Gasteiger partial charge in [-0.1, -0.05) is 140 Å². The van der Waals surface area contributed by atoms with Crippen LogP contribution in [0.5, 0.6) is 0 Å². The molecule has 0 spiro atoms. The maximum absolute atomic E-state index is 12.8. The third-order valence-electron chi connectivity index (χ3n) is 9.14. The van der Waals surface area contributed by atoms with E-state index in [0.29, 0.717) is 38.4 Å². The predicted octanol–water partition coefficient (Wildman–Crippen LogP) is 8.08. The van der Waals surface area contributed by atoms with Crippen LogP contribution in [0.25, 0.3) is 11.0 Å². The van der Waals surface area contributed by atoms with E-state index >= 15 is 0 Å². The molecule has 51 heavy (non-hydrogen) atoms. The quantitative estimate of drug-likeness (QED) is 0.101. The number of rotatable bonds is 15. The summed E-state index contributed by atoms with van der Waals surface area (Å²) in [5.74, 6) is 0.